The predicted molar refractivity (Wildman–Crippen MR) is 125 cm³/mol. The van der Waals surface area contributed by atoms with Gasteiger partial charge in [0.15, 0.2) is 0 Å². The van der Waals surface area contributed by atoms with Crippen molar-refractivity contribution in [3.05, 3.63) is 84.4 Å². The Balaban J connectivity index is 1.31. The molecule has 0 saturated carbocycles. The Morgan fingerprint density at radius 3 is 2.00 bits per heavy atom. The minimum Gasteiger partial charge on any atom is -0.360 e. The number of nitrogens with zero attached hydrogens (tertiary/aromatic N) is 1. The lowest BCUT2D eigenvalue weighted by Crippen LogP contribution is -2.47. The second kappa shape index (κ2) is 9.65. The highest BCUT2D eigenvalue weighted by molar-refractivity contribution is 6.05. The van der Waals surface area contributed by atoms with Crippen LogP contribution in [0, 0.1) is 0 Å². The molecule has 1 aliphatic rings. The zero-order chi connectivity index (χ0) is 22.3. The van der Waals surface area contributed by atoms with E-state index in [1.165, 1.54) is 0 Å². The molecule has 8 nitrogen and oxygen atoms in total. The van der Waals surface area contributed by atoms with Crippen LogP contribution in [0.15, 0.2) is 78.9 Å². The van der Waals surface area contributed by atoms with Crippen LogP contribution in [0.4, 0.5) is 27.5 Å². The van der Waals surface area contributed by atoms with Crippen LogP contribution in [0.2, 0.25) is 0 Å². The Bertz CT molecular complexity index is 1100. The maximum Gasteiger partial charge on any atom is 0.323 e. The van der Waals surface area contributed by atoms with Crippen molar-refractivity contribution in [2.45, 2.75) is 0 Å². The third-order valence-corrected chi connectivity index (χ3v) is 4.97. The van der Waals surface area contributed by atoms with Gasteiger partial charge in [-0.3, -0.25) is 9.59 Å². The van der Waals surface area contributed by atoms with Gasteiger partial charge in [-0.05, 0) is 60.7 Å². The zero-order valence-corrected chi connectivity index (χ0v) is 17.3. The minimum absolute atomic E-state index is 0.00381. The van der Waals surface area contributed by atoms with Gasteiger partial charge in [0.2, 0.25) is 5.91 Å². The molecule has 4 N–H and O–H groups in total. The quantitative estimate of drug-likeness (QED) is 0.498. The van der Waals surface area contributed by atoms with Crippen molar-refractivity contribution in [1.29, 1.82) is 0 Å². The number of rotatable bonds is 5. The fourth-order valence-electron chi connectivity index (χ4n) is 3.34. The van der Waals surface area contributed by atoms with E-state index >= 15 is 0 Å². The molecule has 8 heteroatoms. The number of anilines is 4. The molecule has 32 heavy (non-hydrogen) atoms. The van der Waals surface area contributed by atoms with Gasteiger partial charge < -0.3 is 26.2 Å². The maximum absolute atomic E-state index is 12.5. The third-order valence-electron chi connectivity index (χ3n) is 4.97. The average Bonchev–Trinajstić information content (AvgIpc) is 2.80. The Kier molecular flexibility index (Phi) is 6.31. The van der Waals surface area contributed by atoms with Crippen molar-refractivity contribution in [2.75, 3.05) is 40.5 Å². The van der Waals surface area contributed by atoms with Crippen LogP contribution in [0.3, 0.4) is 0 Å². The van der Waals surface area contributed by atoms with Gasteiger partial charge in [0.25, 0.3) is 5.91 Å². The van der Waals surface area contributed by atoms with Gasteiger partial charge in [-0.1, -0.05) is 18.2 Å². The predicted octanol–water partition coefficient (Wildman–Crippen LogP) is 3.52. The molecule has 0 aromatic heterocycles. The number of nitrogens with one attached hydrogen (secondary N) is 4. The summed E-state index contributed by atoms with van der Waals surface area (Å²) in [6.07, 6.45) is 0. The second-order valence-electron chi connectivity index (χ2n) is 7.30. The Morgan fingerprint density at radius 2 is 1.34 bits per heavy atom. The van der Waals surface area contributed by atoms with E-state index in [2.05, 4.69) is 21.3 Å². The molecule has 1 heterocycles. The molecular weight excluding hydrogens is 406 g/mol. The monoisotopic (exact) mass is 429 g/mol. The van der Waals surface area contributed by atoms with Crippen LogP contribution >= 0.6 is 0 Å². The molecule has 0 bridgehead atoms. The number of piperazine rings is 1. The number of amides is 4. The van der Waals surface area contributed by atoms with E-state index in [1.54, 1.807) is 36.4 Å². The number of hydrogen-bond donors (Lipinski definition) is 4. The van der Waals surface area contributed by atoms with Gasteiger partial charge in [0, 0.05) is 41.4 Å². The van der Waals surface area contributed by atoms with E-state index in [0.29, 0.717) is 35.7 Å². The highest BCUT2D eigenvalue weighted by atomic mass is 16.2. The van der Waals surface area contributed by atoms with Gasteiger partial charge in [0.05, 0.1) is 6.54 Å². The second-order valence-corrected chi connectivity index (χ2v) is 7.30. The summed E-state index contributed by atoms with van der Waals surface area (Å²) in [4.78, 5) is 38.2. The van der Waals surface area contributed by atoms with Crippen molar-refractivity contribution >= 4 is 40.6 Å². The summed E-state index contributed by atoms with van der Waals surface area (Å²) in [5.74, 6) is -0.250. The molecule has 4 rings (SSSR count). The maximum atomic E-state index is 12.5. The number of benzene rings is 3. The normalized spacial score (nSPS) is 13.1. The summed E-state index contributed by atoms with van der Waals surface area (Å²) < 4.78 is 0. The highest BCUT2D eigenvalue weighted by Crippen LogP contribution is 2.19. The fourth-order valence-corrected chi connectivity index (χ4v) is 3.34. The van der Waals surface area contributed by atoms with Crippen molar-refractivity contribution in [1.82, 2.24) is 5.32 Å². The smallest absolute Gasteiger partial charge is 0.323 e. The molecule has 3 aromatic rings. The molecule has 0 aliphatic carbocycles. The molecule has 1 aliphatic heterocycles. The van der Waals surface area contributed by atoms with Crippen molar-refractivity contribution in [3.63, 3.8) is 0 Å². The zero-order valence-electron chi connectivity index (χ0n) is 17.3. The molecule has 0 atom stereocenters. The molecule has 162 valence electrons. The summed E-state index contributed by atoms with van der Waals surface area (Å²) in [6.45, 7) is 1.70. The van der Waals surface area contributed by atoms with Gasteiger partial charge in [-0.25, -0.2) is 4.79 Å². The lowest BCUT2D eigenvalue weighted by Gasteiger charge is -2.28. The van der Waals surface area contributed by atoms with Crippen LogP contribution in [-0.2, 0) is 4.79 Å². The van der Waals surface area contributed by atoms with E-state index in [0.717, 1.165) is 12.2 Å². The van der Waals surface area contributed by atoms with Crippen LogP contribution in [0.25, 0.3) is 0 Å². The van der Waals surface area contributed by atoms with Crippen LogP contribution in [0.1, 0.15) is 10.4 Å². The summed E-state index contributed by atoms with van der Waals surface area (Å²) >= 11 is 0. The van der Waals surface area contributed by atoms with E-state index in [1.807, 2.05) is 47.4 Å². The van der Waals surface area contributed by atoms with E-state index in [9.17, 15) is 14.4 Å². The van der Waals surface area contributed by atoms with Crippen LogP contribution < -0.4 is 26.2 Å². The van der Waals surface area contributed by atoms with Gasteiger partial charge in [-0.15, -0.1) is 0 Å². The molecule has 0 radical (unpaired) electrons. The van der Waals surface area contributed by atoms with Gasteiger partial charge in [-0.2, -0.15) is 0 Å². The fraction of sp³-hybridized carbons (Fsp3) is 0.125. The number of carbonyl (C=O) groups excluding carboxylic acids is 3. The summed E-state index contributed by atoms with van der Waals surface area (Å²) in [5.41, 5.74) is 3.32. The Morgan fingerprint density at radius 1 is 0.750 bits per heavy atom. The first-order valence-electron chi connectivity index (χ1n) is 10.2. The Labute approximate surface area is 185 Å². The van der Waals surface area contributed by atoms with Crippen molar-refractivity contribution in [2.24, 2.45) is 0 Å². The first-order chi connectivity index (χ1) is 15.6. The van der Waals surface area contributed by atoms with E-state index < -0.39 is 0 Å². The van der Waals surface area contributed by atoms with Gasteiger partial charge in [0.1, 0.15) is 0 Å². The molecular formula is C24H23N5O3. The summed E-state index contributed by atoms with van der Waals surface area (Å²) in [5, 5.41) is 11.1. The first-order valence-corrected chi connectivity index (χ1v) is 10.2. The minimum atomic E-state index is -0.361. The lowest BCUT2D eigenvalue weighted by molar-refractivity contribution is -0.120. The molecule has 0 unspecified atom stereocenters. The number of para-hydroxylation sites is 1. The highest BCUT2D eigenvalue weighted by Gasteiger charge is 2.16. The molecule has 3 aromatic carbocycles. The van der Waals surface area contributed by atoms with E-state index in [4.69, 9.17) is 0 Å². The summed E-state index contributed by atoms with van der Waals surface area (Å²) in [7, 11) is 0. The molecule has 0 spiro atoms. The molecule has 1 saturated heterocycles. The number of urea groups is 1. The SMILES string of the molecule is O=C1CN(c2ccc(NC(=O)c3ccc(NC(=O)Nc4ccccc4)cc3)cc2)CCN1. The number of carbonyl (C=O) groups is 3. The van der Waals surface area contributed by atoms with Gasteiger partial charge >= 0.3 is 6.03 Å². The topological polar surface area (TPSA) is 103 Å². The Hall–Kier alpha value is -4.33. The number of hydrogen-bond acceptors (Lipinski definition) is 4. The van der Waals surface area contributed by atoms with Crippen molar-refractivity contribution < 1.29 is 14.4 Å². The van der Waals surface area contributed by atoms with Crippen LogP contribution in [0.5, 0.6) is 0 Å². The average molecular weight is 429 g/mol. The van der Waals surface area contributed by atoms with Crippen LogP contribution in [-0.4, -0.2) is 37.5 Å². The molecule has 1 fully saturated rings. The standard InChI is InChI=1S/C24H23N5O3/c30-22-16-29(15-14-25-22)21-12-10-19(11-13-21)26-23(31)17-6-8-20(9-7-17)28-24(32)27-18-4-2-1-3-5-18/h1-13H,14-16H2,(H,25,30)(H,26,31)(H2,27,28,32). The third kappa shape index (κ3) is 5.42. The first kappa shape index (κ1) is 20.9. The van der Waals surface area contributed by atoms with Crippen molar-refractivity contribution in [3.8, 4) is 0 Å². The largest absolute Gasteiger partial charge is 0.360 e. The summed E-state index contributed by atoms with van der Waals surface area (Å²) in [6, 6.07) is 22.8. The molecule has 4 amide bonds. The van der Waals surface area contributed by atoms with E-state index in [-0.39, 0.29) is 17.8 Å². The lowest BCUT2D eigenvalue weighted by atomic mass is 10.2.